The predicted molar refractivity (Wildman–Crippen MR) is 84.7 cm³/mol. The van der Waals surface area contributed by atoms with Crippen molar-refractivity contribution in [3.8, 4) is 0 Å². The van der Waals surface area contributed by atoms with Gasteiger partial charge in [0.05, 0.1) is 11.5 Å². The number of aliphatic hydroxyl groups excluding tert-OH is 1. The quantitative estimate of drug-likeness (QED) is 0.940. The highest BCUT2D eigenvalue weighted by molar-refractivity contribution is 7.99. The lowest BCUT2D eigenvalue weighted by Gasteiger charge is -2.05. The average Bonchev–Trinajstić information content (AvgIpc) is 2.47. The van der Waals surface area contributed by atoms with Gasteiger partial charge in [-0.3, -0.25) is 0 Å². The van der Waals surface area contributed by atoms with Gasteiger partial charge in [0.2, 0.25) is 0 Å². The van der Waals surface area contributed by atoms with Gasteiger partial charge in [0.15, 0.2) is 0 Å². The third-order valence-corrected chi connectivity index (χ3v) is 6.48. The maximum atomic E-state index is 12.3. The number of sulfonamides is 1. The van der Waals surface area contributed by atoms with Crippen LogP contribution in [0.25, 0.3) is 0 Å². The number of aliphatic hydroxyl groups is 1. The first kappa shape index (κ1) is 15.9. The van der Waals surface area contributed by atoms with E-state index in [1.165, 1.54) is 0 Å². The topological polar surface area (TPSA) is 66.7 Å². The Morgan fingerprint density at radius 3 is 2.14 bits per heavy atom. The van der Waals surface area contributed by atoms with E-state index in [-0.39, 0.29) is 11.5 Å². The van der Waals surface area contributed by atoms with E-state index in [2.05, 4.69) is 3.77 Å². The Kier molecular flexibility index (Phi) is 4.92. The van der Waals surface area contributed by atoms with Gasteiger partial charge in [-0.2, -0.15) is 8.42 Å². The van der Waals surface area contributed by atoms with Crippen molar-refractivity contribution in [3.05, 3.63) is 59.7 Å². The molecule has 0 saturated carbocycles. The van der Waals surface area contributed by atoms with Crippen molar-refractivity contribution in [2.75, 3.05) is 6.26 Å². The zero-order chi connectivity index (χ0) is 15.5. The summed E-state index contributed by atoms with van der Waals surface area (Å²) in [5.41, 5.74) is 1.79. The summed E-state index contributed by atoms with van der Waals surface area (Å²) in [5, 5.41) is 9.01. The molecule has 6 heteroatoms. The lowest BCUT2D eigenvalue weighted by Crippen LogP contribution is -2.00. The Hall–Kier alpha value is -1.50. The second-order valence-corrected chi connectivity index (χ2v) is 8.09. The molecular weight excluding hydrogens is 306 g/mol. The van der Waals surface area contributed by atoms with Gasteiger partial charge in [-0.25, -0.2) is 0 Å². The number of benzene rings is 2. The molecule has 0 aliphatic heterocycles. The van der Waals surface area contributed by atoms with Gasteiger partial charge in [0.25, 0.3) is 10.0 Å². The van der Waals surface area contributed by atoms with Gasteiger partial charge < -0.3 is 5.11 Å². The molecule has 112 valence electrons. The third kappa shape index (κ3) is 4.00. The van der Waals surface area contributed by atoms with Crippen LogP contribution in [0.1, 0.15) is 11.1 Å². The normalized spacial score (nSPS) is 13.3. The van der Waals surface area contributed by atoms with Crippen LogP contribution in [0.3, 0.4) is 0 Å². The van der Waals surface area contributed by atoms with Crippen LogP contribution >= 0.6 is 0 Å². The molecule has 0 bridgehead atoms. The molecule has 2 rings (SSSR count). The molecule has 0 aliphatic carbocycles. The molecule has 0 fully saturated rings. The summed E-state index contributed by atoms with van der Waals surface area (Å²) in [6.07, 6.45) is 1.76. The highest BCUT2D eigenvalue weighted by Gasteiger charge is 2.13. The minimum atomic E-state index is -3.65. The predicted octanol–water partition coefficient (Wildman–Crippen LogP) is 2.67. The van der Waals surface area contributed by atoms with E-state index in [9.17, 15) is 8.42 Å². The highest BCUT2D eigenvalue weighted by Crippen LogP contribution is 2.17. The van der Waals surface area contributed by atoms with Crippen molar-refractivity contribution < 1.29 is 13.5 Å². The Morgan fingerprint density at radius 2 is 1.62 bits per heavy atom. The molecule has 1 N–H and O–H groups in total. The minimum absolute atomic E-state index is 0.0312. The molecule has 1 unspecified atom stereocenters. The second kappa shape index (κ2) is 6.51. The summed E-state index contributed by atoms with van der Waals surface area (Å²) in [5.74, 6) is 0. The SMILES string of the molecule is Cc1ccc(S(=O)(=O)N=S(C)c2ccc(CO)cc2)cc1. The van der Waals surface area contributed by atoms with Crippen LogP contribution in [0.4, 0.5) is 0 Å². The Balaban J connectivity index is 2.33. The van der Waals surface area contributed by atoms with Gasteiger partial charge in [-0.1, -0.05) is 40.5 Å². The molecular formula is C15H17NO3S2. The maximum absolute atomic E-state index is 12.3. The summed E-state index contributed by atoms with van der Waals surface area (Å²) < 4.78 is 28.5. The Bertz CT molecular complexity index is 749. The lowest BCUT2D eigenvalue weighted by molar-refractivity contribution is 0.282. The van der Waals surface area contributed by atoms with Crippen LogP contribution in [-0.4, -0.2) is 19.8 Å². The molecule has 0 radical (unpaired) electrons. The molecule has 0 aliphatic rings. The number of aryl methyl sites for hydroxylation is 1. The van der Waals surface area contributed by atoms with Crippen LogP contribution in [0.2, 0.25) is 0 Å². The van der Waals surface area contributed by atoms with E-state index in [1.54, 1.807) is 54.8 Å². The summed E-state index contributed by atoms with van der Waals surface area (Å²) in [6.45, 7) is 1.87. The highest BCUT2D eigenvalue weighted by atomic mass is 32.3. The fraction of sp³-hybridized carbons (Fsp3) is 0.200. The smallest absolute Gasteiger partial charge is 0.288 e. The first-order valence-electron chi connectivity index (χ1n) is 6.33. The average molecular weight is 323 g/mol. The van der Waals surface area contributed by atoms with E-state index < -0.39 is 20.7 Å². The van der Waals surface area contributed by atoms with Crippen molar-refractivity contribution in [2.24, 2.45) is 3.77 Å². The van der Waals surface area contributed by atoms with Crippen LogP contribution in [0.5, 0.6) is 0 Å². The largest absolute Gasteiger partial charge is 0.392 e. The molecule has 0 saturated heterocycles. The molecule has 1 atom stereocenters. The summed E-state index contributed by atoms with van der Waals surface area (Å²) >= 11 is 0. The fourth-order valence-electron chi connectivity index (χ4n) is 1.74. The molecule has 0 spiro atoms. The van der Waals surface area contributed by atoms with Crippen molar-refractivity contribution in [1.82, 2.24) is 0 Å². The first-order chi connectivity index (χ1) is 9.92. The minimum Gasteiger partial charge on any atom is -0.392 e. The number of hydrogen-bond donors (Lipinski definition) is 1. The van der Waals surface area contributed by atoms with Gasteiger partial charge in [-0.05, 0) is 43.0 Å². The summed E-state index contributed by atoms with van der Waals surface area (Å²) in [7, 11) is -4.42. The van der Waals surface area contributed by atoms with Gasteiger partial charge >= 0.3 is 0 Å². The molecule has 2 aromatic rings. The number of hydrogen-bond acceptors (Lipinski definition) is 3. The molecule has 0 heterocycles. The first-order valence-corrected chi connectivity index (χ1v) is 9.36. The number of nitrogens with zero attached hydrogens (tertiary/aromatic N) is 1. The van der Waals surface area contributed by atoms with Gasteiger partial charge in [0, 0.05) is 4.90 Å². The number of rotatable bonds is 4. The van der Waals surface area contributed by atoms with Crippen LogP contribution in [-0.2, 0) is 27.3 Å². The van der Waals surface area contributed by atoms with E-state index in [0.29, 0.717) is 0 Å². The monoisotopic (exact) mass is 323 g/mol. The molecule has 0 amide bonds. The maximum Gasteiger partial charge on any atom is 0.288 e. The molecule has 2 aromatic carbocycles. The van der Waals surface area contributed by atoms with Crippen molar-refractivity contribution in [1.29, 1.82) is 0 Å². The fourth-order valence-corrected chi connectivity index (χ4v) is 4.61. The van der Waals surface area contributed by atoms with Crippen LogP contribution in [0.15, 0.2) is 62.1 Å². The summed E-state index contributed by atoms with van der Waals surface area (Å²) in [6, 6.07) is 13.8. The Labute approximate surface area is 127 Å². The van der Waals surface area contributed by atoms with Crippen molar-refractivity contribution >= 4 is 20.7 Å². The Morgan fingerprint density at radius 1 is 1.05 bits per heavy atom. The van der Waals surface area contributed by atoms with Crippen LogP contribution < -0.4 is 0 Å². The van der Waals surface area contributed by atoms with Crippen LogP contribution in [0, 0.1) is 6.92 Å². The standard InChI is InChI=1S/C15H17NO3S2/c1-12-3-9-15(10-4-12)21(18,19)16-20(2)14-7-5-13(11-17)6-8-14/h3-10,17H,11H2,1-2H3. The molecule has 4 nitrogen and oxygen atoms in total. The third-order valence-electron chi connectivity index (χ3n) is 2.98. The second-order valence-electron chi connectivity index (χ2n) is 4.64. The zero-order valence-corrected chi connectivity index (χ0v) is 13.5. The molecule has 21 heavy (non-hydrogen) atoms. The zero-order valence-electron chi connectivity index (χ0n) is 11.9. The lowest BCUT2D eigenvalue weighted by atomic mass is 10.2. The molecule has 0 aromatic heterocycles. The van der Waals surface area contributed by atoms with Crippen molar-refractivity contribution in [2.45, 2.75) is 23.3 Å². The summed E-state index contributed by atoms with van der Waals surface area (Å²) in [4.78, 5) is 1.03. The van der Waals surface area contributed by atoms with E-state index in [0.717, 1.165) is 16.0 Å². The van der Waals surface area contributed by atoms with E-state index >= 15 is 0 Å². The van der Waals surface area contributed by atoms with Gasteiger partial charge in [-0.15, -0.1) is 3.77 Å². The van der Waals surface area contributed by atoms with Gasteiger partial charge in [0.1, 0.15) is 0 Å². The van der Waals surface area contributed by atoms with E-state index in [4.69, 9.17) is 5.11 Å². The van der Waals surface area contributed by atoms with Crippen molar-refractivity contribution in [3.63, 3.8) is 0 Å². The van der Waals surface area contributed by atoms with E-state index in [1.807, 2.05) is 6.92 Å².